The Labute approximate surface area is 157 Å². The molecule has 2 aromatic rings. The summed E-state index contributed by atoms with van der Waals surface area (Å²) < 4.78 is 18.6. The highest BCUT2D eigenvalue weighted by atomic mass is 16.7. The summed E-state index contributed by atoms with van der Waals surface area (Å²) in [6.07, 6.45) is 5.25. The molecule has 1 aromatic heterocycles. The summed E-state index contributed by atoms with van der Waals surface area (Å²) in [6.45, 7) is 2.96. The molecule has 1 amide bonds. The van der Waals surface area contributed by atoms with Gasteiger partial charge in [0.25, 0.3) is 5.91 Å². The van der Waals surface area contributed by atoms with Gasteiger partial charge in [0, 0.05) is 31.5 Å². The monoisotopic (exact) mass is 369 g/mol. The molecule has 0 bridgehead atoms. The van der Waals surface area contributed by atoms with E-state index in [0.29, 0.717) is 36.8 Å². The highest BCUT2D eigenvalue weighted by Crippen LogP contribution is 2.34. The van der Waals surface area contributed by atoms with Crippen molar-refractivity contribution in [3.63, 3.8) is 0 Å². The Bertz CT molecular complexity index is 846. The fraction of sp³-hybridized carbons (Fsp3) is 0.500. The molecule has 0 radical (unpaired) electrons. The van der Waals surface area contributed by atoms with Crippen molar-refractivity contribution in [3.8, 4) is 11.5 Å². The SMILES string of the molecule is O=C(c1ccc2c(c1)OCO2)N1Cc2ccnn2[C@@H](CCOCC2CC2)C1. The van der Waals surface area contributed by atoms with E-state index in [1.54, 1.807) is 18.2 Å². The molecule has 0 N–H and O–H groups in total. The van der Waals surface area contributed by atoms with E-state index in [-0.39, 0.29) is 18.7 Å². The van der Waals surface area contributed by atoms with Gasteiger partial charge in [0.15, 0.2) is 11.5 Å². The van der Waals surface area contributed by atoms with Crippen LogP contribution in [0.3, 0.4) is 0 Å². The van der Waals surface area contributed by atoms with Crippen LogP contribution < -0.4 is 9.47 Å². The van der Waals surface area contributed by atoms with Gasteiger partial charge < -0.3 is 19.1 Å². The zero-order chi connectivity index (χ0) is 18.2. The van der Waals surface area contributed by atoms with Crippen LogP contribution in [0.1, 0.15) is 41.4 Å². The molecule has 5 rings (SSSR count). The first-order valence-electron chi connectivity index (χ1n) is 9.57. The lowest BCUT2D eigenvalue weighted by atomic mass is 10.1. The van der Waals surface area contributed by atoms with Crippen molar-refractivity contribution < 1.29 is 19.0 Å². The Morgan fingerprint density at radius 2 is 2.11 bits per heavy atom. The van der Waals surface area contributed by atoms with Crippen molar-refractivity contribution in [3.05, 3.63) is 41.7 Å². The minimum Gasteiger partial charge on any atom is -0.454 e. The molecular formula is C20H23N3O4. The third kappa shape index (κ3) is 3.39. The van der Waals surface area contributed by atoms with Crippen LogP contribution in [-0.4, -0.2) is 47.1 Å². The van der Waals surface area contributed by atoms with E-state index in [4.69, 9.17) is 14.2 Å². The number of carbonyl (C=O) groups excluding carboxylic acids is 1. The van der Waals surface area contributed by atoms with E-state index in [1.807, 2.05) is 21.8 Å². The second-order valence-electron chi connectivity index (χ2n) is 7.48. The van der Waals surface area contributed by atoms with Crippen molar-refractivity contribution in [1.29, 1.82) is 0 Å². The molecule has 1 aliphatic carbocycles. The number of hydrogen-bond donors (Lipinski definition) is 0. The largest absolute Gasteiger partial charge is 0.454 e. The van der Waals surface area contributed by atoms with Crippen LogP contribution in [0, 0.1) is 5.92 Å². The predicted molar refractivity (Wildman–Crippen MR) is 96.7 cm³/mol. The number of benzene rings is 1. The molecule has 1 fully saturated rings. The van der Waals surface area contributed by atoms with Crippen molar-refractivity contribution in [2.45, 2.75) is 31.8 Å². The summed E-state index contributed by atoms with van der Waals surface area (Å²) in [5, 5.41) is 4.46. The molecule has 0 spiro atoms. The number of rotatable bonds is 6. The first-order valence-corrected chi connectivity index (χ1v) is 9.57. The van der Waals surface area contributed by atoms with E-state index in [1.165, 1.54) is 12.8 Å². The molecule has 3 aliphatic rings. The van der Waals surface area contributed by atoms with Gasteiger partial charge in [-0.25, -0.2) is 0 Å². The molecule has 0 saturated heterocycles. The minimum absolute atomic E-state index is 0.00430. The van der Waals surface area contributed by atoms with Crippen LogP contribution in [0.2, 0.25) is 0 Å². The van der Waals surface area contributed by atoms with Crippen LogP contribution >= 0.6 is 0 Å². The Kier molecular flexibility index (Phi) is 4.24. The van der Waals surface area contributed by atoms with E-state index in [2.05, 4.69) is 5.10 Å². The highest BCUT2D eigenvalue weighted by Gasteiger charge is 2.30. The maximum atomic E-state index is 13.1. The van der Waals surface area contributed by atoms with Gasteiger partial charge in [0.2, 0.25) is 6.79 Å². The smallest absolute Gasteiger partial charge is 0.254 e. The summed E-state index contributed by atoms with van der Waals surface area (Å²) in [6, 6.07) is 7.49. The Morgan fingerprint density at radius 3 is 3.00 bits per heavy atom. The van der Waals surface area contributed by atoms with Crippen LogP contribution in [0.4, 0.5) is 0 Å². The fourth-order valence-electron chi connectivity index (χ4n) is 3.72. The number of amides is 1. The lowest BCUT2D eigenvalue weighted by Gasteiger charge is -2.34. The van der Waals surface area contributed by atoms with Crippen LogP contribution in [-0.2, 0) is 11.3 Å². The summed E-state index contributed by atoms with van der Waals surface area (Å²) >= 11 is 0. The van der Waals surface area contributed by atoms with Gasteiger partial charge in [0.05, 0.1) is 18.3 Å². The standard InChI is InChI=1S/C20H23N3O4/c24-20(15-3-4-18-19(9-15)27-13-26-18)22-10-16-5-7-21-23(16)17(11-22)6-8-25-12-14-1-2-14/h3-5,7,9,14,17H,1-2,6,8,10-13H2/t17-/m0/s1. The second-order valence-corrected chi connectivity index (χ2v) is 7.48. The number of nitrogens with zero attached hydrogens (tertiary/aromatic N) is 3. The van der Waals surface area contributed by atoms with Gasteiger partial charge in [-0.2, -0.15) is 5.10 Å². The third-order valence-electron chi connectivity index (χ3n) is 5.43. The average Bonchev–Trinajstić information content (AvgIpc) is 3.18. The maximum Gasteiger partial charge on any atom is 0.254 e. The average molecular weight is 369 g/mol. The molecule has 1 aromatic carbocycles. The van der Waals surface area contributed by atoms with Gasteiger partial charge in [-0.05, 0) is 49.4 Å². The molecule has 27 heavy (non-hydrogen) atoms. The fourth-order valence-corrected chi connectivity index (χ4v) is 3.72. The summed E-state index contributed by atoms with van der Waals surface area (Å²) in [5.74, 6) is 2.09. The Morgan fingerprint density at radius 1 is 1.22 bits per heavy atom. The lowest BCUT2D eigenvalue weighted by molar-refractivity contribution is 0.0610. The van der Waals surface area contributed by atoms with Crippen molar-refractivity contribution >= 4 is 5.91 Å². The summed E-state index contributed by atoms with van der Waals surface area (Å²) in [4.78, 5) is 15.0. The zero-order valence-electron chi connectivity index (χ0n) is 15.2. The van der Waals surface area contributed by atoms with Crippen LogP contribution in [0.15, 0.2) is 30.5 Å². The van der Waals surface area contributed by atoms with Crippen molar-refractivity contribution in [2.75, 3.05) is 26.6 Å². The minimum atomic E-state index is 0.00430. The highest BCUT2D eigenvalue weighted by molar-refractivity contribution is 5.95. The van der Waals surface area contributed by atoms with Gasteiger partial charge in [-0.1, -0.05) is 0 Å². The molecule has 2 aliphatic heterocycles. The summed E-state index contributed by atoms with van der Waals surface area (Å²) in [7, 11) is 0. The first kappa shape index (κ1) is 16.6. The van der Waals surface area contributed by atoms with Gasteiger partial charge in [-0.3, -0.25) is 9.48 Å². The molecular weight excluding hydrogens is 346 g/mol. The van der Waals surface area contributed by atoms with Crippen molar-refractivity contribution in [2.24, 2.45) is 5.92 Å². The topological polar surface area (TPSA) is 65.8 Å². The first-order chi connectivity index (χ1) is 13.3. The molecule has 7 nitrogen and oxygen atoms in total. The summed E-state index contributed by atoms with van der Waals surface area (Å²) in [5.41, 5.74) is 1.68. The van der Waals surface area contributed by atoms with Gasteiger partial charge in [0.1, 0.15) is 0 Å². The van der Waals surface area contributed by atoms with E-state index < -0.39 is 0 Å². The van der Waals surface area contributed by atoms with Crippen molar-refractivity contribution in [1.82, 2.24) is 14.7 Å². The molecule has 142 valence electrons. The quantitative estimate of drug-likeness (QED) is 0.733. The number of ether oxygens (including phenoxy) is 3. The molecule has 7 heteroatoms. The van der Waals surface area contributed by atoms with Gasteiger partial charge >= 0.3 is 0 Å². The van der Waals surface area contributed by atoms with E-state index >= 15 is 0 Å². The number of aromatic nitrogens is 2. The zero-order valence-corrected chi connectivity index (χ0v) is 15.2. The maximum absolute atomic E-state index is 13.1. The third-order valence-corrected chi connectivity index (χ3v) is 5.43. The molecule has 0 unspecified atom stereocenters. The van der Waals surface area contributed by atoms with Gasteiger partial charge in [-0.15, -0.1) is 0 Å². The molecule has 3 heterocycles. The molecule has 1 atom stereocenters. The van der Waals surface area contributed by atoms with Crippen LogP contribution in [0.5, 0.6) is 11.5 Å². The van der Waals surface area contributed by atoms with E-state index in [9.17, 15) is 4.79 Å². The van der Waals surface area contributed by atoms with Crippen LogP contribution in [0.25, 0.3) is 0 Å². The lowest BCUT2D eigenvalue weighted by Crippen LogP contribution is -2.41. The number of fused-ring (bicyclic) bond motifs is 2. The number of carbonyl (C=O) groups is 1. The van der Waals surface area contributed by atoms with E-state index in [0.717, 1.165) is 24.6 Å². The Hall–Kier alpha value is -2.54. The number of hydrogen-bond acceptors (Lipinski definition) is 5. The normalized spacial score (nSPS) is 20.6. The Balaban J connectivity index is 1.28. The second kappa shape index (κ2) is 6.88. The molecule has 1 saturated carbocycles. The predicted octanol–water partition coefficient (Wildman–Crippen LogP) is 2.63.